The van der Waals surface area contributed by atoms with E-state index >= 15 is 0 Å². The normalized spacial score (nSPS) is 11.0. The molecule has 0 saturated heterocycles. The number of hydrogen-bond donors (Lipinski definition) is 0. The predicted molar refractivity (Wildman–Crippen MR) is 43.4 cm³/mol. The molecule has 0 atom stereocenters. The summed E-state index contributed by atoms with van der Waals surface area (Å²) in [5.74, 6) is 0.918. The maximum absolute atomic E-state index is 5.02. The summed E-state index contributed by atoms with van der Waals surface area (Å²) >= 11 is 0. The highest BCUT2D eigenvalue weighted by Gasteiger charge is 2.07. The quantitative estimate of drug-likeness (QED) is 0.644. The van der Waals surface area contributed by atoms with Crippen molar-refractivity contribution in [1.29, 1.82) is 0 Å². The molecule has 0 unspecified atom stereocenters. The largest absolute Gasteiger partial charge is 0.361 e. The molecule has 0 fully saturated rings. The van der Waals surface area contributed by atoms with Crippen molar-refractivity contribution >= 4 is 0 Å². The van der Waals surface area contributed by atoms with Gasteiger partial charge in [0, 0.05) is 12.1 Å². The molecule has 0 N–H and O–H groups in total. The predicted octanol–water partition coefficient (Wildman–Crippen LogP) is 1.35. The molecule has 0 spiro atoms. The maximum Gasteiger partial charge on any atom is 0.136 e. The highest BCUT2D eigenvalue weighted by molar-refractivity contribution is 5.19. The van der Waals surface area contributed by atoms with E-state index in [0.29, 0.717) is 0 Å². The molecule has 3 heteroatoms. The van der Waals surface area contributed by atoms with Gasteiger partial charge in [-0.3, -0.25) is 0 Å². The third kappa shape index (κ3) is 1.80. The van der Waals surface area contributed by atoms with Gasteiger partial charge < -0.3 is 9.42 Å². The van der Waals surface area contributed by atoms with Crippen LogP contribution in [-0.2, 0) is 6.54 Å². The second-order valence-corrected chi connectivity index (χ2v) is 3.05. The number of hydrogen-bond acceptors (Lipinski definition) is 3. The Bertz CT molecular complexity index is 240. The van der Waals surface area contributed by atoms with E-state index < -0.39 is 0 Å². The summed E-state index contributed by atoms with van der Waals surface area (Å²) < 4.78 is 5.02. The minimum Gasteiger partial charge on any atom is -0.361 e. The van der Waals surface area contributed by atoms with Crippen LogP contribution in [0.25, 0.3) is 0 Å². The summed E-state index contributed by atoms with van der Waals surface area (Å²) in [6.07, 6.45) is 0. The number of nitrogens with zero attached hydrogens (tertiary/aromatic N) is 2. The summed E-state index contributed by atoms with van der Waals surface area (Å²) in [6, 6.07) is 0. The van der Waals surface area contributed by atoms with Crippen LogP contribution < -0.4 is 0 Å². The number of aryl methyl sites for hydroxylation is 1. The lowest BCUT2D eigenvalue weighted by atomic mass is 10.2. The van der Waals surface area contributed by atoms with Crippen LogP contribution in [0.3, 0.4) is 0 Å². The first-order valence-corrected chi connectivity index (χ1v) is 3.67. The van der Waals surface area contributed by atoms with E-state index in [1.807, 2.05) is 27.9 Å². The Morgan fingerprint density at radius 1 is 1.36 bits per heavy atom. The number of aromatic nitrogens is 1. The van der Waals surface area contributed by atoms with Crippen molar-refractivity contribution in [3.63, 3.8) is 0 Å². The second kappa shape index (κ2) is 3.05. The Balaban J connectivity index is 2.79. The van der Waals surface area contributed by atoms with E-state index in [1.165, 1.54) is 5.56 Å². The van der Waals surface area contributed by atoms with E-state index in [0.717, 1.165) is 18.0 Å². The van der Waals surface area contributed by atoms with Crippen LogP contribution in [0.4, 0.5) is 0 Å². The Labute approximate surface area is 67.0 Å². The smallest absolute Gasteiger partial charge is 0.136 e. The summed E-state index contributed by atoms with van der Waals surface area (Å²) in [6.45, 7) is 4.81. The molecule has 0 aliphatic carbocycles. The topological polar surface area (TPSA) is 29.3 Å². The highest BCUT2D eigenvalue weighted by Crippen LogP contribution is 2.11. The zero-order valence-electron chi connectivity index (χ0n) is 7.51. The SMILES string of the molecule is Cc1onc(CN(C)C)c1C. The van der Waals surface area contributed by atoms with Crippen LogP contribution in [-0.4, -0.2) is 24.2 Å². The molecule has 11 heavy (non-hydrogen) atoms. The molecule has 0 bridgehead atoms. The fourth-order valence-electron chi connectivity index (χ4n) is 0.911. The minimum atomic E-state index is 0.850. The fourth-order valence-corrected chi connectivity index (χ4v) is 0.911. The lowest BCUT2D eigenvalue weighted by Crippen LogP contribution is -2.11. The molecule has 0 saturated carbocycles. The fraction of sp³-hybridized carbons (Fsp3) is 0.625. The zero-order chi connectivity index (χ0) is 8.43. The molecule has 1 heterocycles. The zero-order valence-corrected chi connectivity index (χ0v) is 7.51. The summed E-state index contributed by atoms with van der Waals surface area (Å²) in [4.78, 5) is 2.07. The van der Waals surface area contributed by atoms with Gasteiger partial charge >= 0.3 is 0 Å². The summed E-state index contributed by atoms with van der Waals surface area (Å²) in [7, 11) is 4.03. The number of rotatable bonds is 2. The van der Waals surface area contributed by atoms with Gasteiger partial charge in [-0.2, -0.15) is 0 Å². The average molecular weight is 154 g/mol. The van der Waals surface area contributed by atoms with Crippen LogP contribution in [0.1, 0.15) is 17.0 Å². The molecule has 62 valence electrons. The van der Waals surface area contributed by atoms with Gasteiger partial charge in [-0.15, -0.1) is 0 Å². The van der Waals surface area contributed by atoms with Crippen LogP contribution in [0.2, 0.25) is 0 Å². The highest BCUT2D eigenvalue weighted by atomic mass is 16.5. The monoisotopic (exact) mass is 154 g/mol. The lowest BCUT2D eigenvalue weighted by Gasteiger charge is -2.05. The maximum atomic E-state index is 5.02. The Morgan fingerprint density at radius 3 is 2.36 bits per heavy atom. The van der Waals surface area contributed by atoms with Crippen molar-refractivity contribution in [2.24, 2.45) is 0 Å². The Morgan fingerprint density at radius 2 is 2.00 bits per heavy atom. The van der Waals surface area contributed by atoms with Gasteiger partial charge in [-0.25, -0.2) is 0 Å². The first kappa shape index (κ1) is 8.27. The lowest BCUT2D eigenvalue weighted by molar-refractivity contribution is 0.355. The average Bonchev–Trinajstić information content (AvgIpc) is 2.18. The van der Waals surface area contributed by atoms with Gasteiger partial charge in [0.05, 0.1) is 0 Å². The van der Waals surface area contributed by atoms with Gasteiger partial charge in [0.25, 0.3) is 0 Å². The molecule has 1 aromatic heterocycles. The van der Waals surface area contributed by atoms with E-state index in [-0.39, 0.29) is 0 Å². The van der Waals surface area contributed by atoms with Crippen molar-refractivity contribution in [3.8, 4) is 0 Å². The van der Waals surface area contributed by atoms with Crippen molar-refractivity contribution in [2.75, 3.05) is 14.1 Å². The van der Waals surface area contributed by atoms with Crippen LogP contribution in [0.15, 0.2) is 4.52 Å². The van der Waals surface area contributed by atoms with E-state index in [9.17, 15) is 0 Å². The first-order chi connectivity index (χ1) is 5.11. The minimum absolute atomic E-state index is 0.850. The second-order valence-electron chi connectivity index (χ2n) is 3.05. The molecule has 0 amide bonds. The standard InChI is InChI=1S/C8H14N2O/c1-6-7(2)11-9-8(6)5-10(3)4/h5H2,1-4H3. The molecule has 1 rings (SSSR count). The van der Waals surface area contributed by atoms with E-state index in [1.54, 1.807) is 0 Å². The molecular formula is C8H14N2O. The van der Waals surface area contributed by atoms with Crippen molar-refractivity contribution in [1.82, 2.24) is 10.1 Å². The molecule has 0 aliphatic rings. The molecule has 3 nitrogen and oxygen atoms in total. The molecule has 0 aliphatic heterocycles. The van der Waals surface area contributed by atoms with Gasteiger partial charge in [0.15, 0.2) is 0 Å². The van der Waals surface area contributed by atoms with Gasteiger partial charge in [-0.1, -0.05) is 5.16 Å². The molecular weight excluding hydrogens is 140 g/mol. The van der Waals surface area contributed by atoms with Crippen LogP contribution in [0, 0.1) is 13.8 Å². The molecule has 0 aromatic carbocycles. The summed E-state index contributed by atoms with van der Waals surface area (Å²) in [5, 5.41) is 3.94. The van der Waals surface area contributed by atoms with E-state index in [4.69, 9.17) is 4.52 Å². The van der Waals surface area contributed by atoms with Crippen molar-refractivity contribution in [3.05, 3.63) is 17.0 Å². The van der Waals surface area contributed by atoms with Crippen molar-refractivity contribution in [2.45, 2.75) is 20.4 Å². The third-order valence-electron chi connectivity index (χ3n) is 1.72. The molecule has 1 aromatic rings. The van der Waals surface area contributed by atoms with Gasteiger partial charge in [-0.05, 0) is 27.9 Å². The van der Waals surface area contributed by atoms with Crippen molar-refractivity contribution < 1.29 is 4.52 Å². The summed E-state index contributed by atoms with van der Waals surface area (Å²) in [5.41, 5.74) is 2.20. The first-order valence-electron chi connectivity index (χ1n) is 3.67. The van der Waals surface area contributed by atoms with Crippen LogP contribution >= 0.6 is 0 Å². The van der Waals surface area contributed by atoms with E-state index in [2.05, 4.69) is 10.1 Å². The van der Waals surface area contributed by atoms with Gasteiger partial charge in [0.1, 0.15) is 11.5 Å². The Kier molecular flexibility index (Phi) is 2.29. The molecule has 0 radical (unpaired) electrons. The van der Waals surface area contributed by atoms with Gasteiger partial charge in [0.2, 0.25) is 0 Å². The Hall–Kier alpha value is -0.830. The third-order valence-corrected chi connectivity index (χ3v) is 1.72. The van der Waals surface area contributed by atoms with Crippen LogP contribution in [0.5, 0.6) is 0 Å².